The number of rotatable bonds is 14. The van der Waals surface area contributed by atoms with E-state index in [1.165, 1.54) is 25.0 Å². The lowest BCUT2D eigenvalue weighted by molar-refractivity contribution is -0.133. The van der Waals surface area contributed by atoms with Crippen molar-refractivity contribution in [1.29, 1.82) is 0 Å². The molecule has 32 heavy (non-hydrogen) atoms. The summed E-state index contributed by atoms with van der Waals surface area (Å²) in [4.78, 5) is 31.5. The third-order valence-electron chi connectivity index (χ3n) is 6.29. The zero-order valence-electron chi connectivity index (χ0n) is 20.2. The third kappa shape index (κ3) is 9.68. The second-order valence-electron chi connectivity index (χ2n) is 8.93. The molecular weight excluding hydrogens is 405 g/mol. The SMILES string of the molecule is CCCCCCC(=O)N1CCN(CCN(Cc2ccc(F)cc2)C(=O)CCCCC)CC1. The summed E-state index contributed by atoms with van der Waals surface area (Å²) in [5.41, 5.74) is 0.953. The van der Waals surface area contributed by atoms with Crippen LogP contribution in [0, 0.1) is 5.82 Å². The molecule has 0 radical (unpaired) electrons. The minimum Gasteiger partial charge on any atom is -0.340 e. The maximum Gasteiger partial charge on any atom is 0.222 e. The van der Waals surface area contributed by atoms with Gasteiger partial charge in [-0.25, -0.2) is 4.39 Å². The number of carbonyl (C=O) groups excluding carboxylic acids is 2. The van der Waals surface area contributed by atoms with Crippen molar-refractivity contribution in [2.24, 2.45) is 0 Å². The Morgan fingerprint density at radius 3 is 2.16 bits per heavy atom. The van der Waals surface area contributed by atoms with Gasteiger partial charge in [-0.1, -0.05) is 58.1 Å². The molecule has 1 aromatic rings. The summed E-state index contributed by atoms with van der Waals surface area (Å²) < 4.78 is 13.3. The summed E-state index contributed by atoms with van der Waals surface area (Å²) in [6.45, 7) is 9.55. The zero-order chi connectivity index (χ0) is 23.2. The molecule has 1 heterocycles. The molecule has 0 spiro atoms. The molecule has 0 atom stereocenters. The van der Waals surface area contributed by atoms with Crippen molar-refractivity contribution in [3.8, 4) is 0 Å². The van der Waals surface area contributed by atoms with Crippen molar-refractivity contribution in [2.75, 3.05) is 39.3 Å². The number of amides is 2. The van der Waals surface area contributed by atoms with E-state index < -0.39 is 0 Å². The molecule has 5 nitrogen and oxygen atoms in total. The second-order valence-corrected chi connectivity index (χ2v) is 8.93. The summed E-state index contributed by atoms with van der Waals surface area (Å²) in [6.07, 6.45) is 8.81. The summed E-state index contributed by atoms with van der Waals surface area (Å²) in [7, 11) is 0. The number of benzene rings is 1. The van der Waals surface area contributed by atoms with Crippen LogP contribution in [0.25, 0.3) is 0 Å². The van der Waals surface area contributed by atoms with Gasteiger partial charge in [0, 0.05) is 58.7 Å². The Balaban J connectivity index is 1.80. The molecule has 1 aliphatic rings. The normalized spacial score (nSPS) is 14.5. The summed E-state index contributed by atoms with van der Waals surface area (Å²) in [5, 5.41) is 0. The molecule has 0 aromatic heterocycles. The molecule has 0 unspecified atom stereocenters. The zero-order valence-corrected chi connectivity index (χ0v) is 20.2. The summed E-state index contributed by atoms with van der Waals surface area (Å²) in [5.74, 6) is 0.195. The first-order valence-electron chi connectivity index (χ1n) is 12.6. The first kappa shape index (κ1) is 26.3. The highest BCUT2D eigenvalue weighted by Crippen LogP contribution is 2.12. The van der Waals surface area contributed by atoms with Crippen molar-refractivity contribution in [2.45, 2.75) is 78.2 Å². The van der Waals surface area contributed by atoms with Gasteiger partial charge in [0.1, 0.15) is 5.82 Å². The van der Waals surface area contributed by atoms with E-state index in [0.717, 1.165) is 70.4 Å². The van der Waals surface area contributed by atoms with Gasteiger partial charge in [0.25, 0.3) is 0 Å². The fourth-order valence-corrected chi connectivity index (χ4v) is 4.13. The molecular formula is C26H42FN3O2. The van der Waals surface area contributed by atoms with Crippen molar-refractivity contribution >= 4 is 11.8 Å². The van der Waals surface area contributed by atoms with Gasteiger partial charge in [-0.2, -0.15) is 0 Å². The first-order valence-corrected chi connectivity index (χ1v) is 12.6. The Morgan fingerprint density at radius 1 is 0.875 bits per heavy atom. The number of hydrogen-bond donors (Lipinski definition) is 0. The number of piperazine rings is 1. The van der Waals surface area contributed by atoms with Crippen LogP contribution in [0.1, 0.15) is 77.2 Å². The quantitative estimate of drug-likeness (QED) is 0.383. The minimum absolute atomic E-state index is 0.170. The van der Waals surface area contributed by atoms with Crippen LogP contribution in [0.4, 0.5) is 4.39 Å². The maximum atomic E-state index is 13.3. The number of halogens is 1. The Morgan fingerprint density at radius 2 is 1.50 bits per heavy atom. The average molecular weight is 448 g/mol. The van der Waals surface area contributed by atoms with E-state index in [0.29, 0.717) is 25.9 Å². The highest BCUT2D eigenvalue weighted by molar-refractivity contribution is 5.76. The van der Waals surface area contributed by atoms with Gasteiger partial charge in [-0.05, 0) is 30.5 Å². The van der Waals surface area contributed by atoms with E-state index in [-0.39, 0.29) is 17.6 Å². The summed E-state index contributed by atoms with van der Waals surface area (Å²) >= 11 is 0. The molecule has 0 N–H and O–H groups in total. The van der Waals surface area contributed by atoms with Gasteiger partial charge in [0.2, 0.25) is 11.8 Å². The van der Waals surface area contributed by atoms with Crippen molar-refractivity contribution < 1.29 is 14.0 Å². The molecule has 0 bridgehead atoms. The molecule has 1 fully saturated rings. The number of hydrogen-bond acceptors (Lipinski definition) is 3. The predicted molar refractivity (Wildman–Crippen MR) is 128 cm³/mol. The number of unbranched alkanes of at least 4 members (excludes halogenated alkanes) is 5. The van der Waals surface area contributed by atoms with E-state index in [9.17, 15) is 14.0 Å². The summed E-state index contributed by atoms with van der Waals surface area (Å²) in [6, 6.07) is 6.42. The van der Waals surface area contributed by atoms with E-state index in [1.807, 2.05) is 9.80 Å². The molecule has 0 aliphatic carbocycles. The van der Waals surface area contributed by atoms with Crippen molar-refractivity contribution in [3.63, 3.8) is 0 Å². The van der Waals surface area contributed by atoms with E-state index in [4.69, 9.17) is 0 Å². The molecule has 180 valence electrons. The van der Waals surface area contributed by atoms with Gasteiger partial charge >= 0.3 is 0 Å². The van der Waals surface area contributed by atoms with Crippen LogP contribution >= 0.6 is 0 Å². The third-order valence-corrected chi connectivity index (χ3v) is 6.29. The lowest BCUT2D eigenvalue weighted by Gasteiger charge is -2.36. The Hall–Kier alpha value is -1.95. The highest BCUT2D eigenvalue weighted by atomic mass is 19.1. The fourth-order valence-electron chi connectivity index (χ4n) is 4.13. The standard InChI is InChI=1S/C26H42FN3O2/c1-3-5-7-9-11-25(31)29-19-16-28(17-20-29)18-21-30(26(32)10-8-6-4-2)22-23-12-14-24(27)15-13-23/h12-15H,3-11,16-22H2,1-2H3. The Bertz CT molecular complexity index is 672. The van der Waals surface area contributed by atoms with E-state index in [2.05, 4.69) is 18.7 Å². The van der Waals surface area contributed by atoms with Gasteiger partial charge in [0.15, 0.2) is 0 Å². The van der Waals surface area contributed by atoms with Crippen LogP contribution < -0.4 is 0 Å². The van der Waals surface area contributed by atoms with Gasteiger partial charge < -0.3 is 9.80 Å². The van der Waals surface area contributed by atoms with Crippen LogP contribution in [-0.2, 0) is 16.1 Å². The molecule has 0 saturated carbocycles. The minimum atomic E-state index is -0.257. The van der Waals surface area contributed by atoms with Crippen molar-refractivity contribution in [3.05, 3.63) is 35.6 Å². The highest BCUT2D eigenvalue weighted by Gasteiger charge is 2.22. The van der Waals surface area contributed by atoms with Crippen LogP contribution in [0.5, 0.6) is 0 Å². The number of nitrogens with zero attached hydrogens (tertiary/aromatic N) is 3. The number of carbonyl (C=O) groups is 2. The average Bonchev–Trinajstić information content (AvgIpc) is 2.81. The van der Waals surface area contributed by atoms with Crippen LogP contribution in [-0.4, -0.2) is 65.8 Å². The van der Waals surface area contributed by atoms with E-state index in [1.54, 1.807) is 12.1 Å². The Labute approximate surface area is 193 Å². The molecule has 1 aromatic carbocycles. The lowest BCUT2D eigenvalue weighted by Crippen LogP contribution is -2.50. The largest absolute Gasteiger partial charge is 0.340 e. The molecule has 1 aliphatic heterocycles. The molecule has 6 heteroatoms. The van der Waals surface area contributed by atoms with E-state index >= 15 is 0 Å². The Kier molecular flexibility index (Phi) is 12.3. The fraction of sp³-hybridized carbons (Fsp3) is 0.692. The smallest absolute Gasteiger partial charge is 0.222 e. The van der Waals surface area contributed by atoms with Crippen molar-refractivity contribution in [1.82, 2.24) is 14.7 Å². The maximum absolute atomic E-state index is 13.3. The van der Waals surface area contributed by atoms with Gasteiger partial charge in [-0.15, -0.1) is 0 Å². The molecule has 1 saturated heterocycles. The molecule has 2 amide bonds. The second kappa shape index (κ2) is 15.0. The van der Waals surface area contributed by atoms with Crippen LogP contribution in [0.15, 0.2) is 24.3 Å². The first-order chi connectivity index (χ1) is 15.5. The van der Waals surface area contributed by atoms with Crippen LogP contribution in [0.3, 0.4) is 0 Å². The van der Waals surface area contributed by atoms with Crippen LogP contribution in [0.2, 0.25) is 0 Å². The predicted octanol–water partition coefficient (Wildman–Crippen LogP) is 4.85. The lowest BCUT2D eigenvalue weighted by atomic mass is 10.1. The van der Waals surface area contributed by atoms with Gasteiger partial charge in [0.05, 0.1) is 0 Å². The van der Waals surface area contributed by atoms with Gasteiger partial charge in [-0.3, -0.25) is 14.5 Å². The topological polar surface area (TPSA) is 43.9 Å². The monoisotopic (exact) mass is 447 g/mol. The molecule has 2 rings (SSSR count).